The molecule has 40 heavy (non-hydrogen) atoms. The maximum atomic E-state index is 12.1. The molecule has 0 aromatic rings. The van der Waals surface area contributed by atoms with Crippen LogP contribution in [0.4, 0.5) is 0 Å². The molecular weight excluding hydrogens is 500 g/mol. The molecule has 0 aliphatic rings. The number of allylic oxidation sites excluding steroid dienone is 4. The summed E-state index contributed by atoms with van der Waals surface area (Å²) in [5, 5.41) is 9.49. The molecule has 0 radical (unpaired) electrons. The van der Waals surface area contributed by atoms with E-state index in [1.165, 1.54) is 89.9 Å². The standard InChI is InChI=1S/C35H64O5/c1-3-5-7-9-11-13-15-17-19-21-23-25-27-29-34(37)39-32-33(31-36)40-35(38)30-28-26-24-22-20-18-16-14-12-10-8-6-4-2/h13-16,33,36H,3-12,17-32H2,1-2H3/b15-13+,16-14+/t33-/m1/s1. The third-order valence-electron chi connectivity index (χ3n) is 7.22. The first kappa shape index (κ1) is 38.4. The van der Waals surface area contributed by atoms with Crippen molar-refractivity contribution in [3.8, 4) is 0 Å². The van der Waals surface area contributed by atoms with E-state index in [1.54, 1.807) is 0 Å². The van der Waals surface area contributed by atoms with Gasteiger partial charge in [0.2, 0.25) is 0 Å². The number of aliphatic hydroxyl groups is 1. The van der Waals surface area contributed by atoms with Crippen molar-refractivity contribution in [2.45, 2.75) is 174 Å². The molecule has 0 rings (SSSR count). The summed E-state index contributed by atoms with van der Waals surface area (Å²) in [6.45, 7) is 4.08. The van der Waals surface area contributed by atoms with Gasteiger partial charge in [0.25, 0.3) is 0 Å². The minimum atomic E-state index is -0.773. The summed E-state index contributed by atoms with van der Waals surface area (Å²) in [5.41, 5.74) is 0. The van der Waals surface area contributed by atoms with Crippen LogP contribution in [0.3, 0.4) is 0 Å². The number of hydrogen-bond acceptors (Lipinski definition) is 5. The molecule has 0 spiro atoms. The lowest BCUT2D eigenvalue weighted by atomic mass is 10.1. The lowest BCUT2D eigenvalue weighted by Crippen LogP contribution is -2.28. The molecule has 0 unspecified atom stereocenters. The Kier molecular flexibility index (Phi) is 30.6. The fourth-order valence-electron chi connectivity index (χ4n) is 4.60. The molecule has 1 N–H and O–H groups in total. The van der Waals surface area contributed by atoms with Crippen LogP contribution in [0, 0.1) is 0 Å². The molecule has 5 nitrogen and oxygen atoms in total. The number of aliphatic hydroxyl groups excluding tert-OH is 1. The minimum Gasteiger partial charge on any atom is -0.462 e. The van der Waals surface area contributed by atoms with Gasteiger partial charge in [0.15, 0.2) is 6.10 Å². The van der Waals surface area contributed by atoms with E-state index in [0.29, 0.717) is 12.8 Å². The summed E-state index contributed by atoms with van der Waals surface area (Å²) >= 11 is 0. The molecule has 0 aromatic carbocycles. The molecule has 0 fully saturated rings. The lowest BCUT2D eigenvalue weighted by molar-refractivity contribution is -0.161. The average molecular weight is 565 g/mol. The molecule has 1 atom stereocenters. The van der Waals surface area contributed by atoms with Crippen LogP contribution in [0.2, 0.25) is 0 Å². The number of rotatable bonds is 30. The Bertz CT molecular complexity index is 613. The summed E-state index contributed by atoms with van der Waals surface area (Å²) in [6.07, 6.45) is 35.1. The van der Waals surface area contributed by atoms with Crippen LogP contribution in [0.25, 0.3) is 0 Å². The van der Waals surface area contributed by atoms with Crippen LogP contribution >= 0.6 is 0 Å². The van der Waals surface area contributed by atoms with E-state index in [0.717, 1.165) is 51.4 Å². The fourth-order valence-corrected chi connectivity index (χ4v) is 4.60. The summed E-state index contributed by atoms with van der Waals surface area (Å²) in [5.74, 6) is -0.612. The number of carbonyl (C=O) groups excluding carboxylic acids is 2. The number of hydrogen-bond donors (Lipinski definition) is 1. The van der Waals surface area contributed by atoms with Gasteiger partial charge in [-0.05, 0) is 64.2 Å². The summed E-state index contributed by atoms with van der Waals surface area (Å²) in [6, 6.07) is 0. The van der Waals surface area contributed by atoms with Crippen LogP contribution in [-0.2, 0) is 19.1 Å². The first-order valence-electron chi connectivity index (χ1n) is 16.9. The Morgan fingerprint density at radius 1 is 0.550 bits per heavy atom. The van der Waals surface area contributed by atoms with Crippen LogP contribution in [0.1, 0.15) is 168 Å². The highest BCUT2D eigenvalue weighted by Crippen LogP contribution is 2.12. The highest BCUT2D eigenvalue weighted by molar-refractivity contribution is 5.70. The van der Waals surface area contributed by atoms with Gasteiger partial charge in [-0.15, -0.1) is 0 Å². The van der Waals surface area contributed by atoms with Crippen molar-refractivity contribution in [2.75, 3.05) is 13.2 Å². The Morgan fingerprint density at radius 3 is 1.35 bits per heavy atom. The highest BCUT2D eigenvalue weighted by atomic mass is 16.6. The van der Waals surface area contributed by atoms with Crippen LogP contribution in [0.15, 0.2) is 24.3 Å². The Labute approximate surface area is 247 Å². The van der Waals surface area contributed by atoms with E-state index in [2.05, 4.69) is 38.2 Å². The fraction of sp³-hybridized carbons (Fsp3) is 0.829. The van der Waals surface area contributed by atoms with Crippen LogP contribution < -0.4 is 0 Å². The smallest absolute Gasteiger partial charge is 0.306 e. The van der Waals surface area contributed by atoms with Crippen molar-refractivity contribution in [2.24, 2.45) is 0 Å². The van der Waals surface area contributed by atoms with Gasteiger partial charge in [-0.1, -0.05) is 115 Å². The molecule has 0 aliphatic heterocycles. The molecular formula is C35H64O5. The van der Waals surface area contributed by atoms with Crippen molar-refractivity contribution in [3.05, 3.63) is 24.3 Å². The summed E-state index contributed by atoms with van der Waals surface area (Å²) in [4.78, 5) is 24.1. The topological polar surface area (TPSA) is 72.8 Å². The Balaban J connectivity index is 3.61. The van der Waals surface area contributed by atoms with E-state index in [4.69, 9.17) is 9.47 Å². The monoisotopic (exact) mass is 564 g/mol. The SMILES string of the molecule is CCCCCC/C=C/CCCCCCCC(=O)OC[C@@H](CO)OC(=O)CCCCCCC/C=C/CCCCCC. The minimum absolute atomic E-state index is 0.0715. The molecule has 0 heterocycles. The van der Waals surface area contributed by atoms with Crippen LogP contribution in [-0.4, -0.2) is 36.4 Å². The van der Waals surface area contributed by atoms with Gasteiger partial charge >= 0.3 is 11.9 Å². The molecule has 5 heteroatoms. The predicted molar refractivity (Wildman–Crippen MR) is 168 cm³/mol. The second kappa shape index (κ2) is 31.9. The van der Waals surface area contributed by atoms with Gasteiger partial charge < -0.3 is 14.6 Å². The molecule has 0 saturated heterocycles. The summed E-state index contributed by atoms with van der Waals surface area (Å²) in [7, 11) is 0. The molecule has 0 aliphatic carbocycles. The number of unbranched alkanes of at least 4 members (excludes halogenated alkanes) is 18. The maximum absolute atomic E-state index is 12.1. The quantitative estimate of drug-likeness (QED) is 0.0534. The predicted octanol–water partition coefficient (Wildman–Crippen LogP) is 9.95. The zero-order valence-corrected chi connectivity index (χ0v) is 26.4. The zero-order valence-electron chi connectivity index (χ0n) is 26.4. The molecule has 0 aromatic heterocycles. The molecule has 0 saturated carbocycles. The van der Waals surface area contributed by atoms with Crippen molar-refractivity contribution >= 4 is 11.9 Å². The highest BCUT2D eigenvalue weighted by Gasteiger charge is 2.16. The molecule has 0 amide bonds. The largest absolute Gasteiger partial charge is 0.462 e. The van der Waals surface area contributed by atoms with E-state index in [9.17, 15) is 14.7 Å². The van der Waals surface area contributed by atoms with Gasteiger partial charge in [-0.25, -0.2) is 0 Å². The Morgan fingerprint density at radius 2 is 0.925 bits per heavy atom. The molecule has 0 bridgehead atoms. The van der Waals surface area contributed by atoms with Gasteiger partial charge in [-0.3, -0.25) is 9.59 Å². The van der Waals surface area contributed by atoms with E-state index < -0.39 is 6.10 Å². The van der Waals surface area contributed by atoms with Gasteiger partial charge in [-0.2, -0.15) is 0 Å². The van der Waals surface area contributed by atoms with Gasteiger partial charge in [0.05, 0.1) is 6.61 Å². The van der Waals surface area contributed by atoms with E-state index >= 15 is 0 Å². The van der Waals surface area contributed by atoms with Crippen LogP contribution in [0.5, 0.6) is 0 Å². The first-order valence-corrected chi connectivity index (χ1v) is 16.9. The third kappa shape index (κ3) is 29.4. The Hall–Kier alpha value is -1.62. The second-order valence-electron chi connectivity index (χ2n) is 11.2. The average Bonchev–Trinajstić information content (AvgIpc) is 2.96. The second-order valence-corrected chi connectivity index (χ2v) is 11.2. The van der Waals surface area contributed by atoms with E-state index in [-0.39, 0.29) is 25.2 Å². The van der Waals surface area contributed by atoms with Crippen molar-refractivity contribution in [3.63, 3.8) is 0 Å². The third-order valence-corrected chi connectivity index (χ3v) is 7.22. The number of esters is 2. The zero-order chi connectivity index (χ0) is 29.4. The maximum Gasteiger partial charge on any atom is 0.306 e. The van der Waals surface area contributed by atoms with Crippen molar-refractivity contribution in [1.29, 1.82) is 0 Å². The normalized spacial score (nSPS) is 12.4. The number of ether oxygens (including phenoxy) is 2. The first-order chi connectivity index (χ1) is 19.6. The summed E-state index contributed by atoms with van der Waals surface area (Å²) < 4.78 is 10.5. The van der Waals surface area contributed by atoms with Crippen molar-refractivity contribution in [1.82, 2.24) is 0 Å². The number of carbonyl (C=O) groups is 2. The molecule has 234 valence electrons. The van der Waals surface area contributed by atoms with Gasteiger partial charge in [0.1, 0.15) is 6.61 Å². The van der Waals surface area contributed by atoms with Gasteiger partial charge in [0, 0.05) is 12.8 Å². The van der Waals surface area contributed by atoms with E-state index in [1.807, 2.05) is 0 Å². The van der Waals surface area contributed by atoms with Crippen molar-refractivity contribution < 1.29 is 24.2 Å². The lowest BCUT2D eigenvalue weighted by Gasteiger charge is -2.15.